The summed E-state index contributed by atoms with van der Waals surface area (Å²) in [7, 11) is 0. The molecule has 0 unspecified atom stereocenters. The van der Waals surface area contributed by atoms with Crippen molar-refractivity contribution in [2.45, 2.75) is 32.1 Å². The molecule has 1 fully saturated rings. The van der Waals surface area contributed by atoms with Crippen LogP contribution in [0, 0.1) is 11.7 Å². The summed E-state index contributed by atoms with van der Waals surface area (Å²) in [6.07, 6.45) is 4.75. The first-order valence-electron chi connectivity index (χ1n) is 9.51. The van der Waals surface area contributed by atoms with Gasteiger partial charge in [-0.1, -0.05) is 42.5 Å². The van der Waals surface area contributed by atoms with Gasteiger partial charge in [0.2, 0.25) is 5.91 Å². The number of nitrogens with one attached hydrogen (secondary N) is 1. The molecule has 1 heterocycles. The van der Waals surface area contributed by atoms with E-state index in [1.807, 2.05) is 6.07 Å². The standard InChI is InChI=1S/C22H27FN2O/c23-20-10-4-5-11-21(20)24-22(26)13-12-19-9-6-15-25(17-19)16-14-18-7-2-1-3-8-18/h1-5,7-8,10-11,19H,6,9,12-17H2,(H,24,26)/t19-/m0/s1. The van der Waals surface area contributed by atoms with Gasteiger partial charge in [0.15, 0.2) is 0 Å². The number of carbonyl (C=O) groups excluding carboxylic acids is 1. The minimum Gasteiger partial charge on any atom is -0.324 e. The lowest BCUT2D eigenvalue weighted by Crippen LogP contribution is -2.37. The van der Waals surface area contributed by atoms with Crippen LogP contribution in [0.2, 0.25) is 0 Å². The van der Waals surface area contributed by atoms with Gasteiger partial charge in [-0.2, -0.15) is 0 Å². The third-order valence-electron chi connectivity index (χ3n) is 5.09. The summed E-state index contributed by atoms with van der Waals surface area (Å²) in [5.74, 6) is 0.0630. The van der Waals surface area contributed by atoms with Crippen molar-refractivity contribution in [3.63, 3.8) is 0 Å². The van der Waals surface area contributed by atoms with Crippen LogP contribution < -0.4 is 5.32 Å². The fourth-order valence-corrected chi connectivity index (χ4v) is 3.63. The Labute approximate surface area is 155 Å². The van der Waals surface area contributed by atoms with Crippen LogP contribution in [-0.2, 0) is 11.2 Å². The normalized spacial score (nSPS) is 17.8. The number of amides is 1. The number of anilines is 1. The van der Waals surface area contributed by atoms with Crippen molar-refractivity contribution >= 4 is 11.6 Å². The molecule has 1 amide bonds. The first-order chi connectivity index (χ1) is 12.7. The molecular weight excluding hydrogens is 327 g/mol. The molecule has 0 aliphatic carbocycles. The molecular formula is C22H27FN2O. The number of nitrogens with zero attached hydrogens (tertiary/aromatic N) is 1. The van der Waals surface area contributed by atoms with Gasteiger partial charge in [-0.3, -0.25) is 4.79 Å². The first kappa shape index (κ1) is 18.6. The molecule has 1 aliphatic rings. The molecule has 0 saturated carbocycles. The van der Waals surface area contributed by atoms with Gasteiger partial charge >= 0.3 is 0 Å². The van der Waals surface area contributed by atoms with Crippen LogP contribution in [-0.4, -0.2) is 30.4 Å². The average Bonchev–Trinajstić information content (AvgIpc) is 2.68. The average molecular weight is 354 g/mol. The summed E-state index contributed by atoms with van der Waals surface area (Å²) in [5, 5.41) is 2.68. The minimum atomic E-state index is -0.384. The number of piperidine rings is 1. The molecule has 2 aromatic rings. The molecule has 0 spiro atoms. The number of hydrogen-bond donors (Lipinski definition) is 1. The Kier molecular flexibility index (Phi) is 6.78. The Morgan fingerprint density at radius 2 is 1.88 bits per heavy atom. The monoisotopic (exact) mass is 354 g/mol. The Morgan fingerprint density at radius 1 is 1.12 bits per heavy atom. The van der Waals surface area contributed by atoms with Gasteiger partial charge in [-0.15, -0.1) is 0 Å². The van der Waals surface area contributed by atoms with E-state index in [9.17, 15) is 9.18 Å². The van der Waals surface area contributed by atoms with Crippen molar-refractivity contribution in [2.24, 2.45) is 5.92 Å². The summed E-state index contributed by atoms with van der Waals surface area (Å²) in [4.78, 5) is 14.6. The van der Waals surface area contributed by atoms with Crippen molar-refractivity contribution in [3.05, 3.63) is 66.0 Å². The smallest absolute Gasteiger partial charge is 0.224 e. The maximum atomic E-state index is 13.6. The Hall–Kier alpha value is -2.20. The molecule has 0 radical (unpaired) electrons. The van der Waals surface area contributed by atoms with E-state index in [0.717, 1.165) is 32.5 Å². The molecule has 1 aliphatic heterocycles. The zero-order valence-corrected chi connectivity index (χ0v) is 15.2. The highest BCUT2D eigenvalue weighted by Gasteiger charge is 2.20. The van der Waals surface area contributed by atoms with E-state index in [2.05, 4.69) is 34.5 Å². The summed E-state index contributed by atoms with van der Waals surface area (Å²) in [5.41, 5.74) is 1.64. The quantitative estimate of drug-likeness (QED) is 0.794. The second-order valence-corrected chi connectivity index (χ2v) is 7.11. The van der Waals surface area contributed by atoms with Gasteiger partial charge in [0, 0.05) is 19.5 Å². The van der Waals surface area contributed by atoms with Crippen molar-refractivity contribution < 1.29 is 9.18 Å². The first-order valence-corrected chi connectivity index (χ1v) is 9.51. The molecule has 0 aromatic heterocycles. The molecule has 0 bridgehead atoms. The largest absolute Gasteiger partial charge is 0.324 e. The van der Waals surface area contributed by atoms with Crippen LogP contribution in [0.25, 0.3) is 0 Å². The number of hydrogen-bond acceptors (Lipinski definition) is 2. The van der Waals surface area contributed by atoms with E-state index in [-0.39, 0.29) is 17.4 Å². The lowest BCUT2D eigenvalue weighted by Gasteiger charge is -2.32. The van der Waals surface area contributed by atoms with E-state index in [0.29, 0.717) is 12.3 Å². The second kappa shape index (κ2) is 9.48. The maximum Gasteiger partial charge on any atom is 0.224 e. The summed E-state index contributed by atoms with van der Waals surface area (Å²) < 4.78 is 13.6. The highest BCUT2D eigenvalue weighted by atomic mass is 19.1. The molecule has 26 heavy (non-hydrogen) atoms. The number of halogens is 1. The molecule has 1 saturated heterocycles. The number of rotatable bonds is 7. The number of carbonyl (C=O) groups is 1. The number of likely N-dealkylation sites (tertiary alicyclic amines) is 1. The maximum absolute atomic E-state index is 13.6. The van der Waals surface area contributed by atoms with E-state index in [4.69, 9.17) is 0 Å². The Morgan fingerprint density at radius 3 is 2.69 bits per heavy atom. The van der Waals surface area contributed by atoms with Gasteiger partial charge in [0.1, 0.15) is 5.82 Å². The fraction of sp³-hybridized carbons (Fsp3) is 0.409. The van der Waals surface area contributed by atoms with Gasteiger partial charge in [0.25, 0.3) is 0 Å². The van der Waals surface area contributed by atoms with Crippen molar-refractivity contribution in [1.29, 1.82) is 0 Å². The van der Waals surface area contributed by atoms with Crippen molar-refractivity contribution in [1.82, 2.24) is 4.90 Å². The lowest BCUT2D eigenvalue weighted by molar-refractivity contribution is -0.116. The third-order valence-corrected chi connectivity index (χ3v) is 5.09. The van der Waals surface area contributed by atoms with E-state index >= 15 is 0 Å². The van der Waals surface area contributed by atoms with Gasteiger partial charge in [0.05, 0.1) is 5.69 Å². The molecule has 138 valence electrons. The van der Waals surface area contributed by atoms with Crippen LogP contribution >= 0.6 is 0 Å². The lowest BCUT2D eigenvalue weighted by atomic mass is 9.93. The Bertz CT molecular complexity index is 704. The van der Waals surface area contributed by atoms with Gasteiger partial charge < -0.3 is 10.2 Å². The number of benzene rings is 2. The molecule has 3 rings (SSSR count). The van der Waals surface area contributed by atoms with E-state index in [1.54, 1.807) is 18.2 Å². The zero-order chi connectivity index (χ0) is 18.2. The zero-order valence-electron chi connectivity index (χ0n) is 15.2. The van der Waals surface area contributed by atoms with Crippen LogP contribution in [0.5, 0.6) is 0 Å². The molecule has 4 heteroatoms. The van der Waals surface area contributed by atoms with E-state index < -0.39 is 0 Å². The van der Waals surface area contributed by atoms with Crippen LogP contribution in [0.15, 0.2) is 54.6 Å². The Balaban J connectivity index is 1.40. The van der Waals surface area contributed by atoms with E-state index in [1.165, 1.54) is 24.5 Å². The highest BCUT2D eigenvalue weighted by Crippen LogP contribution is 2.22. The summed E-state index contributed by atoms with van der Waals surface area (Å²) >= 11 is 0. The fourth-order valence-electron chi connectivity index (χ4n) is 3.63. The summed E-state index contributed by atoms with van der Waals surface area (Å²) in [6.45, 7) is 3.27. The van der Waals surface area contributed by atoms with Gasteiger partial charge in [-0.05, 0) is 55.8 Å². The van der Waals surface area contributed by atoms with Crippen molar-refractivity contribution in [2.75, 3.05) is 25.0 Å². The minimum absolute atomic E-state index is 0.100. The second-order valence-electron chi connectivity index (χ2n) is 7.11. The number of para-hydroxylation sites is 1. The SMILES string of the molecule is O=C(CC[C@@H]1CCCN(CCc2ccccc2)C1)Nc1ccccc1F. The molecule has 1 atom stereocenters. The molecule has 3 nitrogen and oxygen atoms in total. The van der Waals surface area contributed by atoms with Gasteiger partial charge in [-0.25, -0.2) is 4.39 Å². The molecule has 1 N–H and O–H groups in total. The van der Waals surface area contributed by atoms with Crippen molar-refractivity contribution in [3.8, 4) is 0 Å². The highest BCUT2D eigenvalue weighted by molar-refractivity contribution is 5.90. The summed E-state index contributed by atoms with van der Waals surface area (Å²) in [6, 6.07) is 16.9. The van der Waals surface area contributed by atoms with Crippen LogP contribution in [0.4, 0.5) is 10.1 Å². The topological polar surface area (TPSA) is 32.3 Å². The predicted molar refractivity (Wildman–Crippen MR) is 104 cm³/mol. The molecule has 2 aromatic carbocycles. The predicted octanol–water partition coefficient (Wildman–Crippen LogP) is 4.50. The third kappa shape index (κ3) is 5.67. The van der Waals surface area contributed by atoms with Crippen LogP contribution in [0.1, 0.15) is 31.2 Å². The van der Waals surface area contributed by atoms with Crippen LogP contribution in [0.3, 0.4) is 0 Å².